The summed E-state index contributed by atoms with van der Waals surface area (Å²) in [5.74, 6) is -4.36. The van der Waals surface area contributed by atoms with Crippen LogP contribution in [0.2, 0.25) is 5.02 Å². The Morgan fingerprint density at radius 2 is 1.86 bits per heavy atom. The summed E-state index contributed by atoms with van der Waals surface area (Å²) in [4.78, 5) is 42.9. The van der Waals surface area contributed by atoms with Gasteiger partial charge in [-0.15, -0.1) is 0 Å². The number of nitrogen functional groups attached to an aromatic ring is 1. The van der Waals surface area contributed by atoms with Crippen LogP contribution < -0.4 is 26.0 Å². The molecule has 1 aliphatic heterocycles. The Balaban J connectivity index is 1.51. The van der Waals surface area contributed by atoms with Crippen molar-refractivity contribution < 1.29 is 27.9 Å². The van der Waals surface area contributed by atoms with Gasteiger partial charge in [0.15, 0.2) is 17.3 Å². The summed E-state index contributed by atoms with van der Waals surface area (Å²) >= 11 is 6.01. The van der Waals surface area contributed by atoms with E-state index in [4.69, 9.17) is 22.1 Å². The maximum absolute atomic E-state index is 14.7. The molecule has 1 fully saturated rings. The third-order valence-corrected chi connectivity index (χ3v) is 5.59. The molecule has 1 aliphatic rings. The van der Waals surface area contributed by atoms with Crippen LogP contribution in [0.15, 0.2) is 54.7 Å². The molecular weight excluding hydrogens is 484 g/mol. The summed E-state index contributed by atoms with van der Waals surface area (Å²) in [5.41, 5.74) is 5.75. The summed E-state index contributed by atoms with van der Waals surface area (Å²) in [6.45, 7) is 1.49. The number of anilines is 3. The summed E-state index contributed by atoms with van der Waals surface area (Å²) < 4.78 is 33.3. The Morgan fingerprint density at radius 3 is 2.54 bits per heavy atom. The van der Waals surface area contributed by atoms with E-state index in [9.17, 15) is 23.2 Å². The number of nitrogens with one attached hydrogen (secondary N) is 2. The van der Waals surface area contributed by atoms with Crippen molar-refractivity contribution in [3.63, 3.8) is 0 Å². The summed E-state index contributed by atoms with van der Waals surface area (Å²) in [6.07, 6.45) is 1.35. The molecule has 0 aliphatic carbocycles. The van der Waals surface area contributed by atoms with E-state index in [1.54, 1.807) is 0 Å². The number of nitrogens with zero attached hydrogens (tertiary/aromatic N) is 2. The number of hydrogen-bond donors (Lipinski definition) is 3. The van der Waals surface area contributed by atoms with Crippen molar-refractivity contribution in [2.24, 2.45) is 5.92 Å². The molecule has 0 bridgehead atoms. The van der Waals surface area contributed by atoms with Crippen molar-refractivity contribution in [3.8, 4) is 11.5 Å². The topological polar surface area (TPSA) is 127 Å². The highest BCUT2D eigenvalue weighted by atomic mass is 35.5. The van der Waals surface area contributed by atoms with E-state index in [1.165, 1.54) is 43.5 Å². The molecule has 3 aromatic rings. The molecule has 0 spiro atoms. The molecule has 2 aromatic carbocycles. The first-order valence-electron chi connectivity index (χ1n) is 10.2. The Morgan fingerprint density at radius 1 is 1.14 bits per heavy atom. The van der Waals surface area contributed by atoms with Crippen LogP contribution in [0.1, 0.15) is 6.92 Å². The third kappa shape index (κ3) is 4.85. The summed E-state index contributed by atoms with van der Waals surface area (Å²) in [7, 11) is 0. The van der Waals surface area contributed by atoms with E-state index in [2.05, 4.69) is 15.6 Å². The van der Waals surface area contributed by atoms with Gasteiger partial charge in [0.2, 0.25) is 11.8 Å². The molecule has 0 radical (unpaired) electrons. The van der Waals surface area contributed by atoms with Crippen molar-refractivity contribution >= 4 is 46.6 Å². The lowest BCUT2D eigenvalue weighted by atomic mass is 9.95. The number of carbonyl (C=O) groups excluding carboxylic acids is 3. The van der Waals surface area contributed by atoms with Crippen molar-refractivity contribution in [1.82, 2.24) is 10.3 Å². The number of benzene rings is 2. The van der Waals surface area contributed by atoms with E-state index in [0.717, 1.165) is 23.1 Å². The van der Waals surface area contributed by atoms with Crippen LogP contribution in [0.5, 0.6) is 11.5 Å². The van der Waals surface area contributed by atoms with Crippen LogP contribution in [0.25, 0.3) is 0 Å². The van der Waals surface area contributed by atoms with E-state index in [1.807, 2.05) is 0 Å². The molecule has 180 valence electrons. The molecule has 2 atom stereocenters. The lowest BCUT2D eigenvalue weighted by molar-refractivity contribution is -0.132. The number of halogens is 3. The minimum Gasteiger partial charge on any atom is -0.453 e. The van der Waals surface area contributed by atoms with Crippen molar-refractivity contribution in [2.75, 3.05) is 16.0 Å². The number of carbonyl (C=O) groups is 3. The molecule has 2 heterocycles. The number of nitrogens with two attached hydrogens (primary N) is 1. The number of ether oxygens (including phenoxy) is 1. The first-order chi connectivity index (χ1) is 16.7. The predicted molar refractivity (Wildman–Crippen MR) is 124 cm³/mol. The Kier molecular flexibility index (Phi) is 6.52. The Hall–Kier alpha value is -4.25. The quantitative estimate of drug-likeness (QED) is 0.452. The highest BCUT2D eigenvalue weighted by molar-refractivity contribution is 6.34. The van der Waals surface area contributed by atoms with Crippen molar-refractivity contribution in [2.45, 2.75) is 13.0 Å². The third-order valence-electron chi connectivity index (χ3n) is 5.21. The van der Waals surface area contributed by atoms with Crippen LogP contribution in [0.4, 0.5) is 30.8 Å². The average Bonchev–Trinajstić information content (AvgIpc) is 2.79. The highest BCUT2D eigenvalue weighted by Gasteiger charge is 2.44. The maximum Gasteiger partial charge on any atom is 0.329 e. The van der Waals surface area contributed by atoms with Gasteiger partial charge in [-0.1, -0.05) is 11.6 Å². The molecule has 4 N–H and O–H groups in total. The van der Waals surface area contributed by atoms with Gasteiger partial charge in [-0.3, -0.25) is 9.59 Å². The lowest BCUT2D eigenvalue weighted by Crippen LogP contribution is -2.62. The Bertz CT molecular complexity index is 1320. The number of urea groups is 1. The van der Waals surface area contributed by atoms with Gasteiger partial charge >= 0.3 is 6.03 Å². The molecule has 4 amide bonds. The van der Waals surface area contributed by atoms with Gasteiger partial charge in [0.05, 0.1) is 5.69 Å². The van der Waals surface area contributed by atoms with E-state index < -0.39 is 41.4 Å². The monoisotopic (exact) mass is 501 g/mol. The zero-order valence-electron chi connectivity index (χ0n) is 18.1. The van der Waals surface area contributed by atoms with Gasteiger partial charge < -0.3 is 21.1 Å². The number of hydrogen-bond acceptors (Lipinski definition) is 6. The first kappa shape index (κ1) is 23.9. The second-order valence-electron chi connectivity index (χ2n) is 7.61. The number of rotatable bonds is 5. The summed E-state index contributed by atoms with van der Waals surface area (Å²) in [6, 6.07) is 8.10. The lowest BCUT2D eigenvalue weighted by Gasteiger charge is -2.35. The van der Waals surface area contributed by atoms with Gasteiger partial charge in [0.25, 0.3) is 0 Å². The molecular formula is C23H18ClF2N5O4. The second-order valence-corrected chi connectivity index (χ2v) is 7.99. The molecule has 1 aromatic heterocycles. The highest BCUT2D eigenvalue weighted by Crippen LogP contribution is 2.34. The molecule has 1 saturated heterocycles. The van der Waals surface area contributed by atoms with Crippen molar-refractivity contribution in [3.05, 3.63) is 71.4 Å². The fourth-order valence-corrected chi connectivity index (χ4v) is 3.64. The van der Waals surface area contributed by atoms with Gasteiger partial charge in [0.1, 0.15) is 22.6 Å². The van der Waals surface area contributed by atoms with Gasteiger partial charge in [0, 0.05) is 30.1 Å². The molecule has 4 rings (SSSR count). The fourth-order valence-electron chi connectivity index (χ4n) is 3.49. The zero-order chi connectivity index (χ0) is 25.3. The molecule has 12 heteroatoms. The first-order valence-corrected chi connectivity index (χ1v) is 10.6. The Labute approximate surface area is 202 Å². The van der Waals surface area contributed by atoms with Gasteiger partial charge in [-0.05, 0) is 43.3 Å². The fraction of sp³-hybridized carbons (Fsp3) is 0.130. The minimum absolute atomic E-state index is 0.0153. The minimum atomic E-state index is -1.32. The van der Waals surface area contributed by atoms with Crippen molar-refractivity contribution in [1.29, 1.82) is 0 Å². The van der Waals surface area contributed by atoms with E-state index in [0.29, 0.717) is 0 Å². The summed E-state index contributed by atoms with van der Waals surface area (Å²) in [5, 5.41) is 5.02. The van der Waals surface area contributed by atoms with E-state index >= 15 is 0 Å². The van der Waals surface area contributed by atoms with Gasteiger partial charge in [-0.2, -0.15) is 0 Å². The second kappa shape index (κ2) is 9.55. The number of imide groups is 1. The molecule has 35 heavy (non-hydrogen) atoms. The predicted octanol–water partition coefficient (Wildman–Crippen LogP) is 4.09. The molecule has 0 saturated carbocycles. The number of pyridine rings is 1. The van der Waals surface area contributed by atoms with Crippen LogP contribution in [0, 0.1) is 17.6 Å². The number of amides is 4. The molecule has 2 unspecified atom stereocenters. The standard InChI is InChI=1S/C23H18ClF2N5O4/c1-11-18(22(33)31(23(34)29-11)14-5-2-12(25)3-6-14)21(32)30-13-4-7-16(15(26)10-13)35-17-8-9-28-20(27)19(17)24/h2-11,18H,1H3,(H2,27,28)(H,29,34)(H,30,32). The smallest absolute Gasteiger partial charge is 0.329 e. The zero-order valence-corrected chi connectivity index (χ0v) is 18.8. The average molecular weight is 502 g/mol. The SMILES string of the molecule is CC1NC(=O)N(c2ccc(F)cc2)C(=O)C1C(=O)Nc1ccc(Oc2ccnc(N)c2Cl)c(F)c1. The van der Waals surface area contributed by atoms with Crippen LogP contribution in [-0.4, -0.2) is 28.9 Å². The number of aromatic nitrogens is 1. The van der Waals surface area contributed by atoms with Crippen LogP contribution in [0.3, 0.4) is 0 Å². The van der Waals surface area contributed by atoms with Crippen LogP contribution in [-0.2, 0) is 9.59 Å². The van der Waals surface area contributed by atoms with E-state index in [-0.39, 0.29) is 33.7 Å². The van der Waals surface area contributed by atoms with Gasteiger partial charge in [-0.25, -0.2) is 23.5 Å². The molecule has 9 nitrogen and oxygen atoms in total. The normalized spacial score (nSPS) is 17.7. The van der Waals surface area contributed by atoms with Crippen LogP contribution >= 0.6 is 11.6 Å². The largest absolute Gasteiger partial charge is 0.453 e. The maximum atomic E-state index is 14.7.